The number of hydrogen-bond donors (Lipinski definition) is 0. The fraction of sp³-hybridized carbons (Fsp3) is 0.150. The highest BCUT2D eigenvalue weighted by atomic mass is 16.2. The largest absolute Gasteiger partial charge is 0.368 e. The molecule has 0 aliphatic carbocycles. The normalized spacial score (nSPS) is 10.8. The zero-order valence-corrected chi connectivity index (χ0v) is 15.8. The smallest absolute Gasteiger partial charge is 0.340 e. The molecule has 2 heterocycles. The predicted molar refractivity (Wildman–Crippen MR) is 106 cm³/mol. The fourth-order valence-corrected chi connectivity index (χ4v) is 2.88. The summed E-state index contributed by atoms with van der Waals surface area (Å²) in [7, 11) is 1.68. The second-order valence-corrected chi connectivity index (χ2v) is 6.54. The first-order valence-corrected chi connectivity index (χ1v) is 9.03. The predicted octanol–water partition coefficient (Wildman–Crippen LogP) is 1.27. The van der Waals surface area contributed by atoms with E-state index in [0.717, 1.165) is 20.6 Å². The van der Waals surface area contributed by atoms with E-state index in [-0.39, 0.29) is 12.5 Å². The highest BCUT2D eigenvalue weighted by Gasteiger charge is 2.16. The summed E-state index contributed by atoms with van der Waals surface area (Å²) >= 11 is 0. The molecule has 0 fully saturated rings. The molecule has 0 atom stereocenters. The lowest BCUT2D eigenvalue weighted by Crippen LogP contribution is -2.34. The summed E-state index contributed by atoms with van der Waals surface area (Å²) in [5, 5.41) is 12.0. The number of rotatable bonds is 6. The van der Waals surface area contributed by atoms with Crippen LogP contribution >= 0.6 is 0 Å². The second-order valence-electron chi connectivity index (χ2n) is 6.54. The van der Waals surface area contributed by atoms with Gasteiger partial charge in [0, 0.05) is 25.4 Å². The zero-order chi connectivity index (χ0) is 20.2. The molecule has 9 nitrogen and oxygen atoms in total. The summed E-state index contributed by atoms with van der Waals surface area (Å²) in [6, 6.07) is 18.7. The van der Waals surface area contributed by atoms with E-state index in [2.05, 4.69) is 15.5 Å². The van der Waals surface area contributed by atoms with E-state index in [4.69, 9.17) is 0 Å². The lowest BCUT2D eigenvalue weighted by atomic mass is 10.3. The van der Waals surface area contributed by atoms with Crippen LogP contribution in [0.25, 0.3) is 11.4 Å². The van der Waals surface area contributed by atoms with Gasteiger partial charge in [0.05, 0.1) is 17.6 Å². The number of carbonyl (C=O) groups excluding carboxylic acids is 1. The zero-order valence-electron chi connectivity index (χ0n) is 15.8. The number of benzene rings is 2. The van der Waals surface area contributed by atoms with Crippen LogP contribution in [0.5, 0.6) is 0 Å². The quantitative estimate of drug-likeness (QED) is 0.495. The molecule has 0 N–H and O–H groups in total. The van der Waals surface area contributed by atoms with E-state index in [1.807, 2.05) is 42.6 Å². The minimum atomic E-state index is -0.463. The number of para-hydroxylation sites is 2. The van der Waals surface area contributed by atoms with Crippen molar-refractivity contribution in [1.82, 2.24) is 34.5 Å². The molecule has 0 aliphatic rings. The molecule has 0 aliphatic heterocycles. The van der Waals surface area contributed by atoms with Crippen LogP contribution in [-0.2, 0) is 17.9 Å². The first-order chi connectivity index (χ1) is 14.1. The fourth-order valence-electron chi connectivity index (χ4n) is 2.88. The Morgan fingerprint density at radius 2 is 1.62 bits per heavy atom. The third kappa shape index (κ3) is 3.98. The minimum Gasteiger partial charge on any atom is -0.340 e. The maximum Gasteiger partial charge on any atom is 0.368 e. The van der Waals surface area contributed by atoms with Gasteiger partial charge in [-0.05, 0) is 34.7 Å². The molecule has 0 saturated heterocycles. The Morgan fingerprint density at radius 1 is 0.966 bits per heavy atom. The van der Waals surface area contributed by atoms with Crippen LogP contribution in [-0.4, -0.2) is 47.4 Å². The minimum absolute atomic E-state index is 0.186. The molecule has 0 radical (unpaired) electrons. The molecule has 0 bridgehead atoms. The lowest BCUT2D eigenvalue weighted by Gasteiger charge is -2.15. The van der Waals surface area contributed by atoms with Crippen LogP contribution in [0.15, 0.2) is 77.9 Å². The number of aromatic nitrogens is 6. The van der Waals surface area contributed by atoms with Crippen LogP contribution in [0.1, 0.15) is 5.56 Å². The Morgan fingerprint density at radius 3 is 2.31 bits per heavy atom. The maximum absolute atomic E-state index is 12.6. The van der Waals surface area contributed by atoms with Gasteiger partial charge in [0.1, 0.15) is 6.54 Å². The van der Waals surface area contributed by atoms with E-state index >= 15 is 0 Å². The van der Waals surface area contributed by atoms with Crippen molar-refractivity contribution in [3.05, 3.63) is 89.1 Å². The highest BCUT2D eigenvalue weighted by molar-refractivity contribution is 5.75. The number of likely N-dealkylation sites (N-methyl/N-ethyl adjacent to an activating group) is 1. The van der Waals surface area contributed by atoms with Crippen molar-refractivity contribution in [2.24, 2.45) is 0 Å². The van der Waals surface area contributed by atoms with Crippen molar-refractivity contribution in [2.75, 3.05) is 7.05 Å². The average Bonchev–Trinajstić information content (AvgIpc) is 3.36. The van der Waals surface area contributed by atoms with E-state index in [0.29, 0.717) is 12.2 Å². The van der Waals surface area contributed by atoms with Gasteiger partial charge in [-0.25, -0.2) is 9.48 Å². The molecule has 4 rings (SSSR count). The summed E-state index contributed by atoms with van der Waals surface area (Å²) < 4.78 is 3.97. The Kier molecular flexibility index (Phi) is 5.02. The molecule has 0 spiro atoms. The summed E-state index contributed by atoms with van der Waals surface area (Å²) in [6.45, 7) is 0.183. The second kappa shape index (κ2) is 7.93. The Balaban J connectivity index is 1.43. The number of amides is 1. The topological polar surface area (TPSA) is 90.8 Å². The number of nitrogens with zero attached hydrogens (tertiary/aromatic N) is 7. The van der Waals surface area contributed by atoms with Crippen LogP contribution < -0.4 is 5.69 Å². The van der Waals surface area contributed by atoms with Crippen molar-refractivity contribution in [1.29, 1.82) is 0 Å². The molecular formula is C20H19N7O2. The summed E-state index contributed by atoms with van der Waals surface area (Å²) in [5.74, 6) is -0.250. The van der Waals surface area contributed by atoms with Gasteiger partial charge in [-0.15, -0.1) is 0 Å². The molecule has 0 unspecified atom stereocenters. The first-order valence-electron chi connectivity index (χ1n) is 9.03. The van der Waals surface area contributed by atoms with Crippen molar-refractivity contribution in [3.63, 3.8) is 0 Å². The molecule has 9 heteroatoms. The molecule has 2 aromatic heterocycles. The van der Waals surface area contributed by atoms with Gasteiger partial charge >= 0.3 is 5.69 Å². The van der Waals surface area contributed by atoms with Crippen LogP contribution in [0.4, 0.5) is 0 Å². The number of hydrogen-bond acceptors (Lipinski definition) is 5. The van der Waals surface area contributed by atoms with Crippen LogP contribution in [0.2, 0.25) is 0 Å². The first kappa shape index (κ1) is 18.4. The van der Waals surface area contributed by atoms with Crippen molar-refractivity contribution in [2.45, 2.75) is 13.1 Å². The maximum atomic E-state index is 12.6. The van der Waals surface area contributed by atoms with Crippen molar-refractivity contribution < 1.29 is 4.79 Å². The van der Waals surface area contributed by atoms with Gasteiger partial charge in [0.25, 0.3) is 0 Å². The van der Waals surface area contributed by atoms with Crippen molar-refractivity contribution >= 4 is 5.91 Å². The van der Waals surface area contributed by atoms with E-state index in [9.17, 15) is 9.59 Å². The summed E-state index contributed by atoms with van der Waals surface area (Å²) in [6.07, 6.45) is 3.59. The Bertz CT molecular complexity index is 1160. The molecule has 29 heavy (non-hydrogen) atoms. The summed E-state index contributed by atoms with van der Waals surface area (Å²) in [4.78, 5) is 26.5. The van der Waals surface area contributed by atoms with Gasteiger partial charge in [-0.3, -0.25) is 4.79 Å². The van der Waals surface area contributed by atoms with Gasteiger partial charge in [-0.2, -0.15) is 14.5 Å². The Labute approximate surface area is 166 Å². The average molecular weight is 389 g/mol. The molecule has 146 valence electrons. The molecule has 4 aromatic rings. The SMILES string of the molecule is CN(Cc1cnn(-c2ccccc2)c1)C(=O)Cn1nnn(-c2ccccc2)c1=O. The van der Waals surface area contributed by atoms with E-state index in [1.165, 1.54) is 4.90 Å². The van der Waals surface area contributed by atoms with Gasteiger partial charge < -0.3 is 4.90 Å². The number of carbonyl (C=O) groups is 1. The van der Waals surface area contributed by atoms with Gasteiger partial charge in [0.2, 0.25) is 5.91 Å². The number of tetrazole rings is 1. The lowest BCUT2D eigenvalue weighted by molar-refractivity contribution is -0.131. The van der Waals surface area contributed by atoms with Crippen LogP contribution in [0, 0.1) is 0 Å². The van der Waals surface area contributed by atoms with Gasteiger partial charge in [-0.1, -0.05) is 36.4 Å². The standard InChI is InChI=1S/C20H19N7O2/c1-24(13-16-12-21-25(14-16)17-8-4-2-5-9-17)19(28)15-26-20(29)27(23-22-26)18-10-6-3-7-11-18/h2-12,14H,13,15H2,1H3. The van der Waals surface area contributed by atoms with E-state index < -0.39 is 5.69 Å². The van der Waals surface area contributed by atoms with Gasteiger partial charge in [0.15, 0.2) is 0 Å². The molecule has 1 amide bonds. The monoisotopic (exact) mass is 389 g/mol. The van der Waals surface area contributed by atoms with Crippen molar-refractivity contribution in [3.8, 4) is 11.4 Å². The van der Waals surface area contributed by atoms with Crippen LogP contribution in [0.3, 0.4) is 0 Å². The summed E-state index contributed by atoms with van der Waals surface area (Å²) in [5.41, 5.74) is 1.95. The third-order valence-corrected chi connectivity index (χ3v) is 4.43. The third-order valence-electron chi connectivity index (χ3n) is 4.43. The highest BCUT2D eigenvalue weighted by Crippen LogP contribution is 2.09. The van der Waals surface area contributed by atoms with E-state index in [1.54, 1.807) is 42.2 Å². The molecular weight excluding hydrogens is 370 g/mol. The molecule has 0 saturated carbocycles. The molecule has 2 aromatic carbocycles. The Hall–Kier alpha value is -4.01.